The largest absolute Gasteiger partial charge is 0.452 e. The second-order valence-corrected chi connectivity index (χ2v) is 5.96. The van der Waals surface area contributed by atoms with Crippen molar-refractivity contribution in [2.45, 2.75) is 13.0 Å². The van der Waals surface area contributed by atoms with Gasteiger partial charge in [0.05, 0.1) is 11.0 Å². The van der Waals surface area contributed by atoms with E-state index in [1.807, 2.05) is 6.07 Å². The van der Waals surface area contributed by atoms with Crippen molar-refractivity contribution >= 4 is 31.9 Å². The van der Waals surface area contributed by atoms with E-state index in [1.54, 1.807) is 0 Å². The Balaban J connectivity index is 1.72. The summed E-state index contributed by atoms with van der Waals surface area (Å²) in [5.74, 6) is 1.75. The van der Waals surface area contributed by atoms with Gasteiger partial charge >= 0.3 is 0 Å². The monoisotopic (exact) mass is 350 g/mol. The molecular formula is C11H16Br2N2O. The number of halogens is 2. The van der Waals surface area contributed by atoms with Gasteiger partial charge in [-0.1, -0.05) is 0 Å². The van der Waals surface area contributed by atoms with Crippen molar-refractivity contribution < 1.29 is 4.42 Å². The lowest BCUT2D eigenvalue weighted by Crippen LogP contribution is -2.24. The Morgan fingerprint density at radius 3 is 2.94 bits per heavy atom. The molecule has 0 amide bonds. The molecule has 1 N–H and O–H groups in total. The topological polar surface area (TPSA) is 28.4 Å². The van der Waals surface area contributed by atoms with Crippen LogP contribution in [0.3, 0.4) is 0 Å². The molecule has 2 heterocycles. The van der Waals surface area contributed by atoms with Gasteiger partial charge in [0.2, 0.25) is 0 Å². The first kappa shape index (κ1) is 12.6. The molecule has 1 aromatic rings. The molecule has 3 nitrogen and oxygen atoms in total. The highest BCUT2D eigenvalue weighted by Gasteiger charge is 2.18. The van der Waals surface area contributed by atoms with Gasteiger partial charge in [-0.2, -0.15) is 0 Å². The summed E-state index contributed by atoms with van der Waals surface area (Å²) in [5, 5.41) is 3.44. The Morgan fingerprint density at radius 1 is 1.56 bits per heavy atom. The quantitative estimate of drug-likeness (QED) is 0.904. The van der Waals surface area contributed by atoms with Crippen molar-refractivity contribution in [1.82, 2.24) is 10.2 Å². The zero-order chi connectivity index (χ0) is 11.5. The molecule has 0 aromatic carbocycles. The maximum absolute atomic E-state index is 5.50. The summed E-state index contributed by atoms with van der Waals surface area (Å²) in [6, 6.07) is 2.00. The van der Waals surface area contributed by atoms with Crippen LogP contribution in [0.4, 0.5) is 0 Å². The molecule has 0 bridgehead atoms. The minimum atomic E-state index is 0.768. The highest BCUT2D eigenvalue weighted by molar-refractivity contribution is 9.13. The summed E-state index contributed by atoms with van der Waals surface area (Å²) in [7, 11) is 2.18. The highest BCUT2D eigenvalue weighted by Crippen LogP contribution is 2.26. The summed E-state index contributed by atoms with van der Waals surface area (Å²) in [6.45, 7) is 4.30. The maximum Gasteiger partial charge on any atom is 0.183 e. The smallest absolute Gasteiger partial charge is 0.183 e. The molecule has 1 unspecified atom stereocenters. The third kappa shape index (κ3) is 3.32. The lowest BCUT2D eigenvalue weighted by Gasteiger charge is -2.10. The summed E-state index contributed by atoms with van der Waals surface area (Å²) >= 11 is 6.74. The van der Waals surface area contributed by atoms with Crippen LogP contribution in [-0.4, -0.2) is 31.6 Å². The summed E-state index contributed by atoms with van der Waals surface area (Å²) < 4.78 is 7.24. The van der Waals surface area contributed by atoms with Gasteiger partial charge in [0.15, 0.2) is 4.67 Å². The molecule has 0 spiro atoms. The molecule has 1 fully saturated rings. The second-order valence-electron chi connectivity index (χ2n) is 4.38. The first-order valence-corrected chi connectivity index (χ1v) is 7.06. The lowest BCUT2D eigenvalue weighted by atomic mass is 10.1. The fourth-order valence-electron chi connectivity index (χ4n) is 2.07. The maximum atomic E-state index is 5.50. The molecule has 16 heavy (non-hydrogen) atoms. The predicted octanol–water partition coefficient (Wildman–Crippen LogP) is 2.85. The second kappa shape index (κ2) is 5.67. The van der Waals surface area contributed by atoms with Crippen molar-refractivity contribution in [3.8, 4) is 0 Å². The fraction of sp³-hybridized carbons (Fsp3) is 0.636. The number of rotatable bonds is 4. The van der Waals surface area contributed by atoms with Gasteiger partial charge in [0.1, 0.15) is 5.76 Å². The Labute approximate surface area is 113 Å². The fourth-order valence-corrected chi connectivity index (χ4v) is 2.73. The van der Waals surface area contributed by atoms with Crippen LogP contribution in [0.25, 0.3) is 0 Å². The number of furan rings is 1. The minimum absolute atomic E-state index is 0.768. The first-order valence-electron chi connectivity index (χ1n) is 5.48. The number of likely N-dealkylation sites (tertiary alicyclic amines) is 1. The standard InChI is InChI=1S/C11H16Br2N2O/c1-15-3-2-8(7-15)5-14-6-9-4-10(12)11(13)16-9/h4,8,14H,2-3,5-7H2,1H3. The van der Waals surface area contributed by atoms with E-state index in [9.17, 15) is 0 Å². The number of hydrogen-bond acceptors (Lipinski definition) is 3. The van der Waals surface area contributed by atoms with E-state index in [1.165, 1.54) is 19.5 Å². The average Bonchev–Trinajstić information content (AvgIpc) is 2.75. The van der Waals surface area contributed by atoms with Crippen LogP contribution in [-0.2, 0) is 6.54 Å². The van der Waals surface area contributed by atoms with Crippen LogP contribution in [0.1, 0.15) is 12.2 Å². The van der Waals surface area contributed by atoms with Gasteiger partial charge in [-0.15, -0.1) is 0 Å². The SMILES string of the molecule is CN1CCC(CNCc2cc(Br)c(Br)o2)C1. The van der Waals surface area contributed by atoms with Gasteiger partial charge < -0.3 is 14.6 Å². The minimum Gasteiger partial charge on any atom is -0.452 e. The molecule has 1 atom stereocenters. The van der Waals surface area contributed by atoms with E-state index in [-0.39, 0.29) is 0 Å². The van der Waals surface area contributed by atoms with Crippen LogP contribution in [0, 0.1) is 5.92 Å². The number of nitrogens with zero attached hydrogens (tertiary/aromatic N) is 1. The molecule has 90 valence electrons. The summed E-state index contributed by atoms with van der Waals surface area (Å²) in [6.07, 6.45) is 1.30. The van der Waals surface area contributed by atoms with E-state index in [2.05, 4.69) is 49.1 Å². The molecule has 1 saturated heterocycles. The van der Waals surface area contributed by atoms with Crippen molar-refractivity contribution in [3.63, 3.8) is 0 Å². The lowest BCUT2D eigenvalue weighted by molar-refractivity contribution is 0.383. The Bertz CT molecular complexity index is 334. The van der Waals surface area contributed by atoms with Gasteiger partial charge in [-0.3, -0.25) is 0 Å². The molecule has 5 heteroatoms. The van der Waals surface area contributed by atoms with E-state index in [0.29, 0.717) is 0 Å². The first-order chi connectivity index (χ1) is 7.65. The Hall–Kier alpha value is 0.160. The predicted molar refractivity (Wildman–Crippen MR) is 71.4 cm³/mol. The number of hydrogen-bond donors (Lipinski definition) is 1. The van der Waals surface area contributed by atoms with Crippen molar-refractivity contribution in [2.75, 3.05) is 26.7 Å². The zero-order valence-electron chi connectivity index (χ0n) is 9.30. The molecule has 0 radical (unpaired) electrons. The van der Waals surface area contributed by atoms with E-state index >= 15 is 0 Å². The van der Waals surface area contributed by atoms with Gasteiger partial charge in [0.25, 0.3) is 0 Å². The van der Waals surface area contributed by atoms with Crippen LogP contribution in [0.15, 0.2) is 19.6 Å². The Morgan fingerprint density at radius 2 is 2.38 bits per heavy atom. The third-order valence-electron chi connectivity index (χ3n) is 2.92. The van der Waals surface area contributed by atoms with Gasteiger partial charge in [-0.25, -0.2) is 0 Å². The van der Waals surface area contributed by atoms with Crippen LogP contribution in [0.2, 0.25) is 0 Å². The van der Waals surface area contributed by atoms with Crippen molar-refractivity contribution in [3.05, 3.63) is 21.0 Å². The van der Waals surface area contributed by atoms with E-state index in [0.717, 1.165) is 33.9 Å². The van der Waals surface area contributed by atoms with E-state index in [4.69, 9.17) is 4.42 Å². The molecule has 0 aliphatic carbocycles. The average molecular weight is 352 g/mol. The molecule has 1 aromatic heterocycles. The van der Waals surface area contributed by atoms with Crippen LogP contribution >= 0.6 is 31.9 Å². The number of nitrogens with one attached hydrogen (secondary N) is 1. The Kier molecular flexibility index (Phi) is 4.47. The van der Waals surface area contributed by atoms with Crippen LogP contribution in [0.5, 0.6) is 0 Å². The van der Waals surface area contributed by atoms with Crippen molar-refractivity contribution in [1.29, 1.82) is 0 Å². The summed E-state index contributed by atoms with van der Waals surface area (Å²) in [5.41, 5.74) is 0. The molecular weight excluding hydrogens is 336 g/mol. The van der Waals surface area contributed by atoms with Crippen LogP contribution < -0.4 is 5.32 Å². The van der Waals surface area contributed by atoms with E-state index < -0.39 is 0 Å². The van der Waals surface area contributed by atoms with Gasteiger partial charge in [0, 0.05) is 6.54 Å². The molecule has 2 rings (SSSR count). The highest BCUT2D eigenvalue weighted by atomic mass is 79.9. The normalized spacial score (nSPS) is 21.8. The molecule has 0 saturated carbocycles. The molecule has 1 aliphatic rings. The molecule has 1 aliphatic heterocycles. The third-order valence-corrected chi connectivity index (χ3v) is 4.63. The zero-order valence-corrected chi connectivity index (χ0v) is 12.5. The van der Waals surface area contributed by atoms with Crippen molar-refractivity contribution in [2.24, 2.45) is 5.92 Å². The summed E-state index contributed by atoms with van der Waals surface area (Å²) in [4.78, 5) is 2.38. The van der Waals surface area contributed by atoms with Gasteiger partial charge in [-0.05, 0) is 70.4 Å².